The van der Waals surface area contributed by atoms with Crippen LogP contribution in [0.4, 0.5) is 5.13 Å². The highest BCUT2D eigenvalue weighted by atomic mass is 35.5. The van der Waals surface area contributed by atoms with Gasteiger partial charge in [-0.3, -0.25) is 0 Å². The maximum Gasteiger partial charge on any atom is 0.354 e. The molecule has 8 heteroatoms. The molecule has 2 atom stereocenters. The molecule has 1 N–H and O–H groups in total. The smallest absolute Gasteiger partial charge is 0.354 e. The van der Waals surface area contributed by atoms with E-state index in [1.54, 1.807) is 17.4 Å². The monoisotopic (exact) mass is 417 g/mol. The van der Waals surface area contributed by atoms with Gasteiger partial charge in [-0.25, -0.2) is 14.8 Å². The number of morpholine rings is 1. The summed E-state index contributed by atoms with van der Waals surface area (Å²) in [7, 11) is 0. The van der Waals surface area contributed by atoms with Crippen molar-refractivity contribution in [3.05, 3.63) is 52.3 Å². The molecule has 2 aromatic heterocycles. The molecule has 1 saturated heterocycles. The summed E-state index contributed by atoms with van der Waals surface area (Å²) < 4.78 is 6.83. The van der Waals surface area contributed by atoms with Gasteiger partial charge in [0, 0.05) is 30.2 Å². The molecular formula is C20H20ClN3O3S. The first-order valence-corrected chi connectivity index (χ1v) is 10.3. The molecule has 0 aliphatic carbocycles. The maximum atomic E-state index is 11.2. The number of pyridine rings is 1. The van der Waals surface area contributed by atoms with E-state index < -0.39 is 5.97 Å². The van der Waals surface area contributed by atoms with Crippen LogP contribution in [0.15, 0.2) is 30.3 Å². The first-order chi connectivity index (χ1) is 13.4. The van der Waals surface area contributed by atoms with Crippen molar-refractivity contribution in [2.75, 3.05) is 18.0 Å². The summed E-state index contributed by atoms with van der Waals surface area (Å²) in [6.07, 6.45) is 0.778. The van der Waals surface area contributed by atoms with Gasteiger partial charge in [-0.2, -0.15) is 0 Å². The molecular weight excluding hydrogens is 398 g/mol. The fourth-order valence-corrected chi connectivity index (χ4v) is 4.92. The Morgan fingerprint density at radius 3 is 2.75 bits per heavy atom. The van der Waals surface area contributed by atoms with E-state index in [4.69, 9.17) is 21.3 Å². The number of thiazole rings is 1. The lowest BCUT2D eigenvalue weighted by atomic mass is 10.1. The number of carbonyl (C=O) groups is 1. The van der Waals surface area contributed by atoms with Crippen molar-refractivity contribution >= 4 is 44.3 Å². The Kier molecular flexibility index (Phi) is 5.23. The van der Waals surface area contributed by atoms with Gasteiger partial charge in [0.15, 0.2) is 5.13 Å². The average Bonchev–Trinajstić information content (AvgIpc) is 3.05. The number of carboxylic acids is 1. The van der Waals surface area contributed by atoms with E-state index in [2.05, 4.69) is 23.7 Å². The number of anilines is 1. The lowest BCUT2D eigenvalue weighted by Gasteiger charge is -2.35. The molecule has 1 fully saturated rings. The molecule has 28 heavy (non-hydrogen) atoms. The van der Waals surface area contributed by atoms with Crippen LogP contribution in [0.3, 0.4) is 0 Å². The van der Waals surface area contributed by atoms with Crippen LogP contribution >= 0.6 is 22.9 Å². The number of aromatic carboxylic acids is 1. The molecule has 146 valence electrons. The summed E-state index contributed by atoms with van der Waals surface area (Å²) in [6.45, 7) is 5.74. The zero-order valence-corrected chi connectivity index (χ0v) is 17.1. The van der Waals surface area contributed by atoms with E-state index >= 15 is 0 Å². The largest absolute Gasteiger partial charge is 0.477 e. The molecule has 0 radical (unpaired) electrons. The highest BCUT2D eigenvalue weighted by Crippen LogP contribution is 2.35. The summed E-state index contributed by atoms with van der Waals surface area (Å²) in [5.74, 6) is -1.04. The average molecular weight is 418 g/mol. The molecule has 1 aliphatic rings. The fraction of sp³-hybridized carbons (Fsp3) is 0.350. The van der Waals surface area contributed by atoms with E-state index in [0.717, 1.165) is 34.0 Å². The maximum absolute atomic E-state index is 11.2. The van der Waals surface area contributed by atoms with Crippen LogP contribution in [0.2, 0.25) is 5.02 Å². The summed E-state index contributed by atoms with van der Waals surface area (Å²) in [5.41, 5.74) is 2.53. The number of hydrogen-bond acceptors (Lipinski definition) is 6. The van der Waals surface area contributed by atoms with E-state index in [9.17, 15) is 9.90 Å². The number of hydrogen-bond donors (Lipinski definition) is 1. The molecule has 0 spiro atoms. The van der Waals surface area contributed by atoms with Crippen LogP contribution in [0.25, 0.3) is 10.2 Å². The molecule has 0 saturated carbocycles. The zero-order chi connectivity index (χ0) is 19.8. The molecule has 6 nitrogen and oxygen atoms in total. The number of aromatic nitrogens is 2. The second kappa shape index (κ2) is 7.66. The van der Waals surface area contributed by atoms with Crippen molar-refractivity contribution in [3.8, 4) is 0 Å². The quantitative estimate of drug-likeness (QED) is 0.684. The Morgan fingerprint density at radius 1 is 1.29 bits per heavy atom. The van der Waals surface area contributed by atoms with Crippen molar-refractivity contribution in [2.24, 2.45) is 0 Å². The number of carboxylic acid groups (broad SMARTS) is 1. The van der Waals surface area contributed by atoms with Gasteiger partial charge < -0.3 is 14.7 Å². The molecule has 0 unspecified atom stereocenters. The third-order valence-electron chi connectivity index (χ3n) is 4.61. The molecule has 3 heterocycles. The van der Waals surface area contributed by atoms with Crippen LogP contribution in [-0.4, -0.2) is 46.3 Å². The Bertz CT molecular complexity index is 1030. The number of fused-ring (bicyclic) bond motifs is 1. The molecule has 4 rings (SSSR count). The summed E-state index contributed by atoms with van der Waals surface area (Å²) in [4.78, 5) is 22.6. The highest BCUT2D eigenvalue weighted by molar-refractivity contribution is 7.22. The first-order valence-electron chi connectivity index (χ1n) is 9.07. The van der Waals surface area contributed by atoms with Gasteiger partial charge in [0.1, 0.15) is 5.69 Å². The summed E-state index contributed by atoms with van der Waals surface area (Å²) in [5, 5.41) is 10.8. The SMILES string of the molecule is C[C@@H]1CN(c2nc3c(Cc4cccc(C(=O)O)n4)cc(Cl)cc3s2)C[C@H](C)O1. The molecule has 1 aliphatic heterocycles. The van der Waals surface area contributed by atoms with E-state index in [-0.39, 0.29) is 17.9 Å². The normalized spacial score (nSPS) is 19.9. The van der Waals surface area contributed by atoms with Crippen molar-refractivity contribution in [2.45, 2.75) is 32.5 Å². The van der Waals surface area contributed by atoms with Crippen molar-refractivity contribution in [1.29, 1.82) is 0 Å². The van der Waals surface area contributed by atoms with Crippen molar-refractivity contribution in [3.63, 3.8) is 0 Å². The second-order valence-electron chi connectivity index (χ2n) is 7.07. The zero-order valence-electron chi connectivity index (χ0n) is 15.6. The Hall–Kier alpha value is -2.22. The van der Waals surface area contributed by atoms with Gasteiger partial charge in [0.25, 0.3) is 0 Å². The number of ether oxygens (including phenoxy) is 1. The van der Waals surface area contributed by atoms with Gasteiger partial charge in [-0.15, -0.1) is 0 Å². The van der Waals surface area contributed by atoms with Crippen LogP contribution < -0.4 is 4.90 Å². The van der Waals surface area contributed by atoms with Crippen molar-refractivity contribution in [1.82, 2.24) is 9.97 Å². The Labute approximate surface area is 171 Å². The fourth-order valence-electron chi connectivity index (χ4n) is 3.55. The van der Waals surface area contributed by atoms with Crippen LogP contribution in [-0.2, 0) is 11.2 Å². The number of halogens is 1. The Morgan fingerprint density at radius 2 is 2.04 bits per heavy atom. The van der Waals surface area contributed by atoms with Gasteiger partial charge in [-0.05, 0) is 43.7 Å². The minimum Gasteiger partial charge on any atom is -0.477 e. The van der Waals surface area contributed by atoms with Gasteiger partial charge in [0.05, 0.1) is 22.4 Å². The third kappa shape index (κ3) is 3.97. The summed E-state index contributed by atoms with van der Waals surface area (Å²) in [6, 6.07) is 8.82. The lowest BCUT2D eigenvalue weighted by Crippen LogP contribution is -2.45. The number of rotatable bonds is 4. The predicted molar refractivity (Wildman–Crippen MR) is 111 cm³/mol. The van der Waals surface area contributed by atoms with E-state index in [0.29, 0.717) is 17.1 Å². The van der Waals surface area contributed by atoms with Crippen molar-refractivity contribution < 1.29 is 14.6 Å². The van der Waals surface area contributed by atoms with Gasteiger partial charge in [0.2, 0.25) is 0 Å². The van der Waals surface area contributed by atoms with Crippen LogP contribution in [0, 0.1) is 0 Å². The number of benzene rings is 1. The standard InChI is InChI=1S/C20H20ClN3O3S/c1-11-9-24(10-12(2)27-11)20-23-18-13(6-14(21)8-17(18)28-20)7-15-4-3-5-16(22-15)19(25)26/h3-6,8,11-12H,7,9-10H2,1-2H3,(H,25,26)/t11-,12+. The highest BCUT2D eigenvalue weighted by Gasteiger charge is 2.25. The minimum absolute atomic E-state index is 0.0334. The minimum atomic E-state index is -1.04. The first kappa shape index (κ1) is 19.1. The van der Waals surface area contributed by atoms with E-state index in [1.807, 2.05) is 18.2 Å². The van der Waals surface area contributed by atoms with Gasteiger partial charge >= 0.3 is 5.97 Å². The number of nitrogens with zero attached hydrogens (tertiary/aromatic N) is 3. The molecule has 0 amide bonds. The molecule has 0 bridgehead atoms. The lowest BCUT2D eigenvalue weighted by molar-refractivity contribution is -0.00522. The molecule has 3 aromatic rings. The summed E-state index contributed by atoms with van der Waals surface area (Å²) >= 11 is 7.96. The predicted octanol–water partition coefficient (Wildman–Crippen LogP) is 4.25. The second-order valence-corrected chi connectivity index (χ2v) is 8.51. The third-order valence-corrected chi connectivity index (χ3v) is 5.90. The van der Waals surface area contributed by atoms with Crippen LogP contribution in [0.5, 0.6) is 0 Å². The Balaban J connectivity index is 1.70. The molecule has 1 aromatic carbocycles. The van der Waals surface area contributed by atoms with Crippen LogP contribution in [0.1, 0.15) is 35.6 Å². The van der Waals surface area contributed by atoms with Gasteiger partial charge in [-0.1, -0.05) is 29.0 Å². The van der Waals surface area contributed by atoms with E-state index in [1.165, 1.54) is 6.07 Å². The topological polar surface area (TPSA) is 75.6 Å².